The van der Waals surface area contributed by atoms with Crippen LogP contribution in [0, 0.1) is 0 Å². The Morgan fingerprint density at radius 1 is 1.33 bits per heavy atom. The van der Waals surface area contributed by atoms with E-state index in [1.807, 2.05) is 44.2 Å². The topological polar surface area (TPSA) is 58.4 Å². The van der Waals surface area contributed by atoms with Gasteiger partial charge < -0.3 is 16.0 Å². The van der Waals surface area contributed by atoms with E-state index in [4.69, 9.17) is 5.73 Å². The minimum atomic E-state index is 0.0471. The normalized spacial score (nSPS) is 10.4. The monoisotopic (exact) mass is 249 g/mol. The van der Waals surface area contributed by atoms with Crippen molar-refractivity contribution in [2.45, 2.75) is 26.3 Å². The number of anilines is 1. The standard InChI is InChI=1S/C14H23N3O/c1-12(2)16-14(18)11-17(10-6-9-15)13-7-4-3-5-8-13/h3-5,7-8,12H,6,9-11,15H2,1-2H3,(H,16,18). The highest BCUT2D eigenvalue weighted by atomic mass is 16.2. The van der Waals surface area contributed by atoms with Gasteiger partial charge in [0.2, 0.25) is 5.91 Å². The van der Waals surface area contributed by atoms with E-state index in [1.54, 1.807) is 0 Å². The summed E-state index contributed by atoms with van der Waals surface area (Å²) in [4.78, 5) is 13.9. The molecule has 0 saturated heterocycles. The molecule has 0 bridgehead atoms. The van der Waals surface area contributed by atoms with Crippen molar-refractivity contribution in [2.24, 2.45) is 5.73 Å². The van der Waals surface area contributed by atoms with Crippen LogP contribution >= 0.6 is 0 Å². The summed E-state index contributed by atoms with van der Waals surface area (Å²) in [7, 11) is 0. The van der Waals surface area contributed by atoms with Gasteiger partial charge in [0.1, 0.15) is 0 Å². The lowest BCUT2D eigenvalue weighted by atomic mass is 10.2. The van der Waals surface area contributed by atoms with E-state index in [0.29, 0.717) is 13.1 Å². The molecule has 0 atom stereocenters. The molecule has 0 radical (unpaired) electrons. The smallest absolute Gasteiger partial charge is 0.239 e. The van der Waals surface area contributed by atoms with Crippen LogP contribution in [0.3, 0.4) is 0 Å². The molecule has 18 heavy (non-hydrogen) atoms. The minimum Gasteiger partial charge on any atom is -0.362 e. The Morgan fingerprint density at radius 3 is 2.56 bits per heavy atom. The zero-order valence-corrected chi connectivity index (χ0v) is 11.2. The Kier molecular flexibility index (Phi) is 6.22. The molecule has 1 rings (SSSR count). The molecule has 100 valence electrons. The number of nitrogens with one attached hydrogen (secondary N) is 1. The van der Waals surface area contributed by atoms with Crippen LogP contribution in [0.4, 0.5) is 5.69 Å². The first-order valence-electron chi connectivity index (χ1n) is 6.43. The maximum atomic E-state index is 11.8. The molecule has 0 aliphatic rings. The number of para-hydroxylation sites is 1. The van der Waals surface area contributed by atoms with Gasteiger partial charge in [0.15, 0.2) is 0 Å². The quantitative estimate of drug-likeness (QED) is 0.767. The third-order valence-electron chi connectivity index (χ3n) is 2.54. The summed E-state index contributed by atoms with van der Waals surface area (Å²) in [5.74, 6) is 0.0471. The van der Waals surface area contributed by atoms with Crippen LogP contribution in [0.1, 0.15) is 20.3 Å². The van der Waals surface area contributed by atoms with E-state index in [2.05, 4.69) is 10.2 Å². The molecule has 0 saturated carbocycles. The van der Waals surface area contributed by atoms with Gasteiger partial charge in [0.05, 0.1) is 6.54 Å². The van der Waals surface area contributed by atoms with Crippen LogP contribution in [0.2, 0.25) is 0 Å². The van der Waals surface area contributed by atoms with Crippen molar-refractivity contribution in [3.05, 3.63) is 30.3 Å². The van der Waals surface area contributed by atoms with Crippen LogP contribution in [0.5, 0.6) is 0 Å². The highest BCUT2D eigenvalue weighted by Crippen LogP contribution is 2.12. The maximum absolute atomic E-state index is 11.8. The summed E-state index contributed by atoms with van der Waals surface area (Å²) < 4.78 is 0. The predicted molar refractivity (Wildman–Crippen MR) is 75.6 cm³/mol. The number of hydrogen-bond acceptors (Lipinski definition) is 3. The van der Waals surface area contributed by atoms with Gasteiger partial charge in [-0.3, -0.25) is 4.79 Å². The van der Waals surface area contributed by atoms with Crippen molar-refractivity contribution >= 4 is 11.6 Å². The number of rotatable bonds is 7. The van der Waals surface area contributed by atoms with Gasteiger partial charge in [0.25, 0.3) is 0 Å². The Bertz CT molecular complexity index is 351. The van der Waals surface area contributed by atoms with Crippen LogP contribution in [-0.4, -0.2) is 31.6 Å². The lowest BCUT2D eigenvalue weighted by molar-refractivity contribution is -0.120. The zero-order chi connectivity index (χ0) is 13.4. The van der Waals surface area contributed by atoms with Crippen molar-refractivity contribution < 1.29 is 4.79 Å². The fraction of sp³-hybridized carbons (Fsp3) is 0.500. The van der Waals surface area contributed by atoms with E-state index in [1.165, 1.54) is 0 Å². The molecule has 1 aromatic carbocycles. The molecule has 0 aromatic heterocycles. The average Bonchev–Trinajstić information content (AvgIpc) is 2.34. The van der Waals surface area contributed by atoms with Crippen molar-refractivity contribution in [1.82, 2.24) is 5.32 Å². The average molecular weight is 249 g/mol. The molecular weight excluding hydrogens is 226 g/mol. The van der Waals surface area contributed by atoms with Gasteiger partial charge in [-0.05, 0) is 38.9 Å². The van der Waals surface area contributed by atoms with Gasteiger partial charge in [-0.1, -0.05) is 18.2 Å². The fourth-order valence-corrected chi connectivity index (χ4v) is 1.76. The molecule has 0 aliphatic carbocycles. The van der Waals surface area contributed by atoms with Crippen molar-refractivity contribution in [3.63, 3.8) is 0 Å². The van der Waals surface area contributed by atoms with Crippen molar-refractivity contribution in [3.8, 4) is 0 Å². The lowest BCUT2D eigenvalue weighted by Gasteiger charge is -2.24. The largest absolute Gasteiger partial charge is 0.362 e. The van der Waals surface area contributed by atoms with Gasteiger partial charge in [-0.2, -0.15) is 0 Å². The summed E-state index contributed by atoms with van der Waals surface area (Å²) in [6.07, 6.45) is 0.879. The SMILES string of the molecule is CC(C)NC(=O)CN(CCCN)c1ccccc1. The van der Waals surface area contributed by atoms with Gasteiger partial charge in [-0.15, -0.1) is 0 Å². The molecule has 0 fully saturated rings. The van der Waals surface area contributed by atoms with Gasteiger partial charge in [-0.25, -0.2) is 0 Å². The maximum Gasteiger partial charge on any atom is 0.239 e. The Balaban J connectivity index is 2.64. The highest BCUT2D eigenvalue weighted by Gasteiger charge is 2.11. The van der Waals surface area contributed by atoms with Crippen LogP contribution in [0.25, 0.3) is 0 Å². The van der Waals surface area contributed by atoms with E-state index >= 15 is 0 Å². The summed E-state index contributed by atoms with van der Waals surface area (Å²) in [5.41, 5.74) is 6.60. The van der Waals surface area contributed by atoms with Crippen LogP contribution < -0.4 is 16.0 Å². The lowest BCUT2D eigenvalue weighted by Crippen LogP contribution is -2.40. The second-order valence-corrected chi connectivity index (χ2v) is 4.62. The first kappa shape index (κ1) is 14.5. The number of benzene rings is 1. The number of nitrogens with two attached hydrogens (primary N) is 1. The molecule has 0 heterocycles. The number of hydrogen-bond donors (Lipinski definition) is 2. The van der Waals surface area contributed by atoms with E-state index in [-0.39, 0.29) is 11.9 Å². The Hall–Kier alpha value is -1.55. The molecule has 1 amide bonds. The van der Waals surface area contributed by atoms with E-state index in [0.717, 1.165) is 18.7 Å². The third-order valence-corrected chi connectivity index (χ3v) is 2.54. The first-order chi connectivity index (χ1) is 8.63. The molecule has 1 aromatic rings. The molecule has 4 heteroatoms. The number of nitrogens with zero attached hydrogens (tertiary/aromatic N) is 1. The van der Waals surface area contributed by atoms with E-state index < -0.39 is 0 Å². The predicted octanol–water partition coefficient (Wildman–Crippen LogP) is 1.37. The fourth-order valence-electron chi connectivity index (χ4n) is 1.76. The van der Waals surface area contributed by atoms with Gasteiger partial charge in [0, 0.05) is 18.3 Å². The van der Waals surface area contributed by atoms with Crippen molar-refractivity contribution in [1.29, 1.82) is 0 Å². The Morgan fingerprint density at radius 2 is 2.00 bits per heavy atom. The summed E-state index contributed by atoms with van der Waals surface area (Å²) >= 11 is 0. The zero-order valence-electron chi connectivity index (χ0n) is 11.2. The summed E-state index contributed by atoms with van der Waals surface area (Å²) in [6.45, 7) is 5.73. The number of carbonyl (C=O) groups is 1. The second-order valence-electron chi connectivity index (χ2n) is 4.62. The molecule has 4 nitrogen and oxygen atoms in total. The summed E-state index contributed by atoms with van der Waals surface area (Å²) in [5, 5.41) is 2.91. The number of amides is 1. The molecular formula is C14H23N3O. The molecule has 0 aliphatic heterocycles. The molecule has 0 unspecified atom stereocenters. The number of carbonyl (C=O) groups excluding carboxylic acids is 1. The van der Waals surface area contributed by atoms with E-state index in [9.17, 15) is 4.79 Å². The molecule has 3 N–H and O–H groups in total. The molecule has 0 spiro atoms. The van der Waals surface area contributed by atoms with Crippen LogP contribution in [-0.2, 0) is 4.79 Å². The van der Waals surface area contributed by atoms with Gasteiger partial charge >= 0.3 is 0 Å². The second kappa shape index (κ2) is 7.71. The Labute approximate surface area is 109 Å². The third kappa shape index (κ3) is 5.19. The minimum absolute atomic E-state index is 0.0471. The first-order valence-corrected chi connectivity index (χ1v) is 6.43. The summed E-state index contributed by atoms with van der Waals surface area (Å²) in [6, 6.07) is 10.1. The van der Waals surface area contributed by atoms with Crippen LogP contribution in [0.15, 0.2) is 30.3 Å². The highest BCUT2D eigenvalue weighted by molar-refractivity contribution is 5.81. The van der Waals surface area contributed by atoms with Crippen molar-refractivity contribution in [2.75, 3.05) is 24.5 Å².